The zero-order valence-electron chi connectivity index (χ0n) is 13.3. The molecule has 114 valence electrons. The summed E-state index contributed by atoms with van der Waals surface area (Å²) in [6, 6.07) is 11.2. The fourth-order valence-electron chi connectivity index (χ4n) is 2.53. The molecule has 2 aromatic rings. The van der Waals surface area contributed by atoms with Gasteiger partial charge in [0.2, 0.25) is 0 Å². The molecule has 4 nitrogen and oxygen atoms in total. The van der Waals surface area contributed by atoms with Gasteiger partial charge in [-0.25, -0.2) is 0 Å². The Balaban J connectivity index is 1.93. The fourth-order valence-corrected chi connectivity index (χ4v) is 2.53. The molecular formula is C17H26N4. The zero-order valence-corrected chi connectivity index (χ0v) is 13.3. The maximum Gasteiger partial charge on any atom is 0.0624 e. The van der Waals surface area contributed by atoms with E-state index in [4.69, 9.17) is 5.84 Å². The highest BCUT2D eigenvalue weighted by Crippen LogP contribution is 2.12. The van der Waals surface area contributed by atoms with Gasteiger partial charge in [0.05, 0.1) is 5.69 Å². The van der Waals surface area contributed by atoms with E-state index in [-0.39, 0.29) is 6.04 Å². The van der Waals surface area contributed by atoms with E-state index < -0.39 is 0 Å². The van der Waals surface area contributed by atoms with Crippen LogP contribution in [-0.4, -0.2) is 15.8 Å². The van der Waals surface area contributed by atoms with Gasteiger partial charge in [-0.05, 0) is 37.8 Å². The monoisotopic (exact) mass is 286 g/mol. The first kappa shape index (κ1) is 15.7. The average molecular weight is 286 g/mol. The molecule has 0 amide bonds. The lowest BCUT2D eigenvalue weighted by molar-refractivity contribution is 0.477. The van der Waals surface area contributed by atoms with Crippen LogP contribution < -0.4 is 11.3 Å². The van der Waals surface area contributed by atoms with Crippen LogP contribution in [0.15, 0.2) is 30.3 Å². The van der Waals surface area contributed by atoms with Gasteiger partial charge in [0.25, 0.3) is 0 Å². The third-order valence-corrected chi connectivity index (χ3v) is 3.98. The van der Waals surface area contributed by atoms with Gasteiger partial charge in [-0.15, -0.1) is 0 Å². The predicted molar refractivity (Wildman–Crippen MR) is 86.9 cm³/mol. The van der Waals surface area contributed by atoms with Crippen molar-refractivity contribution in [3.63, 3.8) is 0 Å². The molecule has 1 atom stereocenters. The molecule has 0 aliphatic carbocycles. The number of nitrogens with two attached hydrogens (primary N) is 1. The van der Waals surface area contributed by atoms with Crippen LogP contribution in [0.25, 0.3) is 0 Å². The van der Waals surface area contributed by atoms with E-state index in [1.807, 2.05) is 11.7 Å². The summed E-state index contributed by atoms with van der Waals surface area (Å²) in [4.78, 5) is 0. The molecule has 3 N–H and O–H groups in total. The molecule has 1 aromatic carbocycles. The van der Waals surface area contributed by atoms with E-state index >= 15 is 0 Å². The number of hydrogen-bond donors (Lipinski definition) is 2. The predicted octanol–water partition coefficient (Wildman–Crippen LogP) is 2.30. The molecule has 21 heavy (non-hydrogen) atoms. The summed E-state index contributed by atoms with van der Waals surface area (Å²) in [5, 5.41) is 4.49. The SMILES string of the molecule is CCc1cc(CC(CCc2ccc(C)cc2)NN)n(C)n1. The number of nitrogens with one attached hydrogen (secondary N) is 1. The minimum Gasteiger partial charge on any atom is -0.272 e. The minimum absolute atomic E-state index is 0.270. The average Bonchev–Trinajstić information content (AvgIpc) is 2.85. The summed E-state index contributed by atoms with van der Waals surface area (Å²) in [5.74, 6) is 5.72. The normalized spacial score (nSPS) is 12.6. The summed E-state index contributed by atoms with van der Waals surface area (Å²) in [6.07, 6.45) is 3.93. The maximum absolute atomic E-state index is 5.72. The lowest BCUT2D eigenvalue weighted by atomic mass is 10.0. The van der Waals surface area contributed by atoms with E-state index in [9.17, 15) is 0 Å². The number of rotatable bonds is 7. The van der Waals surface area contributed by atoms with Crippen LogP contribution in [0, 0.1) is 6.92 Å². The topological polar surface area (TPSA) is 55.9 Å². The molecule has 1 heterocycles. The second-order valence-electron chi connectivity index (χ2n) is 5.70. The van der Waals surface area contributed by atoms with Gasteiger partial charge < -0.3 is 0 Å². The molecule has 0 fully saturated rings. The van der Waals surface area contributed by atoms with Crippen LogP contribution in [-0.2, 0) is 26.3 Å². The first-order valence-electron chi connectivity index (χ1n) is 7.65. The van der Waals surface area contributed by atoms with Crippen LogP contribution in [0.2, 0.25) is 0 Å². The van der Waals surface area contributed by atoms with E-state index in [1.165, 1.54) is 16.8 Å². The lowest BCUT2D eigenvalue weighted by Crippen LogP contribution is -2.37. The van der Waals surface area contributed by atoms with Crippen LogP contribution in [0.3, 0.4) is 0 Å². The van der Waals surface area contributed by atoms with Crippen LogP contribution in [0.5, 0.6) is 0 Å². The smallest absolute Gasteiger partial charge is 0.0624 e. The first-order chi connectivity index (χ1) is 10.1. The molecule has 0 saturated carbocycles. The molecule has 0 aliphatic heterocycles. The molecule has 1 unspecified atom stereocenters. The second kappa shape index (κ2) is 7.38. The van der Waals surface area contributed by atoms with Gasteiger partial charge in [0, 0.05) is 25.2 Å². The number of aromatic nitrogens is 2. The van der Waals surface area contributed by atoms with Gasteiger partial charge in [-0.2, -0.15) is 5.10 Å². The summed E-state index contributed by atoms with van der Waals surface area (Å²) < 4.78 is 1.97. The third-order valence-electron chi connectivity index (χ3n) is 3.98. The Morgan fingerprint density at radius 2 is 2.00 bits per heavy atom. The van der Waals surface area contributed by atoms with Crippen LogP contribution >= 0.6 is 0 Å². The number of aryl methyl sites for hydroxylation is 4. The van der Waals surface area contributed by atoms with E-state index in [0.29, 0.717) is 0 Å². The Bertz CT molecular complexity index is 557. The quantitative estimate of drug-likeness (QED) is 0.606. The molecule has 2 rings (SSSR count). The van der Waals surface area contributed by atoms with Crippen LogP contribution in [0.4, 0.5) is 0 Å². The molecule has 0 radical (unpaired) electrons. The molecule has 4 heteroatoms. The first-order valence-corrected chi connectivity index (χ1v) is 7.65. The Labute approximate surface area is 127 Å². The summed E-state index contributed by atoms with van der Waals surface area (Å²) >= 11 is 0. The standard InChI is InChI=1S/C17H26N4/c1-4-15-11-17(21(3)20-15)12-16(19-18)10-9-14-7-5-13(2)6-8-14/h5-8,11,16,19H,4,9-10,12,18H2,1-3H3. The highest BCUT2D eigenvalue weighted by molar-refractivity contribution is 5.21. The summed E-state index contributed by atoms with van der Waals surface area (Å²) in [7, 11) is 2.00. The van der Waals surface area contributed by atoms with E-state index in [1.54, 1.807) is 0 Å². The van der Waals surface area contributed by atoms with Crippen molar-refractivity contribution in [1.29, 1.82) is 0 Å². The third kappa shape index (κ3) is 4.41. The lowest BCUT2D eigenvalue weighted by Gasteiger charge is -2.16. The van der Waals surface area contributed by atoms with Gasteiger partial charge in [-0.1, -0.05) is 36.8 Å². The molecule has 1 aromatic heterocycles. The van der Waals surface area contributed by atoms with E-state index in [2.05, 4.69) is 54.7 Å². The molecule has 0 aliphatic rings. The minimum atomic E-state index is 0.270. The highest BCUT2D eigenvalue weighted by Gasteiger charge is 2.12. The van der Waals surface area contributed by atoms with Gasteiger partial charge >= 0.3 is 0 Å². The molecular weight excluding hydrogens is 260 g/mol. The number of benzene rings is 1. The van der Waals surface area contributed by atoms with Crippen molar-refractivity contribution in [2.75, 3.05) is 0 Å². The van der Waals surface area contributed by atoms with Crippen molar-refractivity contribution in [2.24, 2.45) is 12.9 Å². The Morgan fingerprint density at radius 1 is 1.29 bits per heavy atom. The number of nitrogens with zero attached hydrogens (tertiary/aromatic N) is 2. The van der Waals surface area contributed by atoms with Crippen molar-refractivity contribution in [3.05, 3.63) is 52.8 Å². The second-order valence-corrected chi connectivity index (χ2v) is 5.70. The number of hydrazine groups is 1. The van der Waals surface area contributed by atoms with Crippen molar-refractivity contribution in [3.8, 4) is 0 Å². The maximum atomic E-state index is 5.72. The largest absolute Gasteiger partial charge is 0.272 e. The molecule has 0 saturated heterocycles. The Kier molecular flexibility index (Phi) is 5.53. The molecule has 0 bridgehead atoms. The van der Waals surface area contributed by atoms with Crippen molar-refractivity contribution in [2.45, 2.75) is 45.6 Å². The number of hydrogen-bond acceptors (Lipinski definition) is 3. The fraction of sp³-hybridized carbons (Fsp3) is 0.471. The molecule has 0 spiro atoms. The summed E-state index contributed by atoms with van der Waals surface area (Å²) in [5.41, 5.74) is 7.98. The Morgan fingerprint density at radius 3 is 2.57 bits per heavy atom. The highest BCUT2D eigenvalue weighted by atomic mass is 15.3. The van der Waals surface area contributed by atoms with Crippen molar-refractivity contribution < 1.29 is 0 Å². The summed E-state index contributed by atoms with van der Waals surface area (Å²) in [6.45, 7) is 4.24. The van der Waals surface area contributed by atoms with Crippen molar-refractivity contribution >= 4 is 0 Å². The zero-order chi connectivity index (χ0) is 15.2. The Hall–Kier alpha value is -1.65. The van der Waals surface area contributed by atoms with Crippen molar-refractivity contribution in [1.82, 2.24) is 15.2 Å². The van der Waals surface area contributed by atoms with Crippen LogP contribution in [0.1, 0.15) is 35.9 Å². The van der Waals surface area contributed by atoms with E-state index in [0.717, 1.165) is 31.4 Å². The van der Waals surface area contributed by atoms with Gasteiger partial charge in [0.1, 0.15) is 0 Å². The van der Waals surface area contributed by atoms with Gasteiger partial charge in [-0.3, -0.25) is 16.0 Å². The van der Waals surface area contributed by atoms with Gasteiger partial charge in [0.15, 0.2) is 0 Å².